The van der Waals surface area contributed by atoms with Gasteiger partial charge in [-0.05, 0) is 42.0 Å². The minimum atomic E-state index is 0.0395. The fraction of sp³-hybridized carbons (Fsp3) is 0.318. The molecule has 1 aliphatic rings. The molecule has 1 saturated heterocycles. The van der Waals surface area contributed by atoms with Gasteiger partial charge in [-0.1, -0.05) is 60.1 Å². The molecule has 0 bridgehead atoms. The van der Waals surface area contributed by atoms with Gasteiger partial charge in [0, 0.05) is 24.2 Å². The molecule has 1 fully saturated rings. The molecule has 4 heteroatoms. The maximum absolute atomic E-state index is 12.5. The number of hydrogen-bond donors (Lipinski definition) is 0. The molecule has 0 saturated carbocycles. The molecule has 0 aromatic heterocycles. The van der Waals surface area contributed by atoms with Crippen molar-refractivity contribution in [1.29, 1.82) is 0 Å². The van der Waals surface area contributed by atoms with E-state index in [1.165, 1.54) is 5.56 Å². The van der Waals surface area contributed by atoms with Crippen LogP contribution in [-0.2, 0) is 16.1 Å². The standard InChI is InChI=1S/C22H24ClNO2/c23-21-11-5-4-10-20(21)12-13-22(25)24-14-6-9-19(15-24)17-26-16-18-7-2-1-3-8-18/h1-5,7-8,10-13,19H,6,9,14-17H2/b13-12+. The average Bonchev–Trinajstić information content (AvgIpc) is 2.68. The number of hydrogen-bond acceptors (Lipinski definition) is 2. The van der Waals surface area contributed by atoms with Crippen molar-refractivity contribution < 1.29 is 9.53 Å². The van der Waals surface area contributed by atoms with Gasteiger partial charge in [-0.25, -0.2) is 0 Å². The second kappa shape index (κ2) is 9.56. The fourth-order valence-corrected chi connectivity index (χ4v) is 3.39. The van der Waals surface area contributed by atoms with E-state index in [0.29, 0.717) is 24.2 Å². The van der Waals surface area contributed by atoms with Crippen LogP contribution in [0.15, 0.2) is 60.7 Å². The maximum Gasteiger partial charge on any atom is 0.246 e. The van der Waals surface area contributed by atoms with Gasteiger partial charge in [0.25, 0.3) is 0 Å². The number of carbonyl (C=O) groups is 1. The lowest BCUT2D eigenvalue weighted by atomic mass is 9.99. The molecular weight excluding hydrogens is 346 g/mol. The number of likely N-dealkylation sites (tertiary alicyclic amines) is 1. The van der Waals surface area contributed by atoms with Crippen LogP contribution in [0.5, 0.6) is 0 Å². The molecule has 3 rings (SSSR count). The van der Waals surface area contributed by atoms with Gasteiger partial charge in [0.15, 0.2) is 0 Å². The molecule has 1 aliphatic heterocycles. The lowest BCUT2D eigenvalue weighted by molar-refractivity contribution is -0.128. The molecule has 0 spiro atoms. The largest absolute Gasteiger partial charge is 0.376 e. The SMILES string of the molecule is O=C(/C=C/c1ccccc1Cl)N1CCCC(COCc2ccccc2)C1. The summed E-state index contributed by atoms with van der Waals surface area (Å²) in [7, 11) is 0. The van der Waals surface area contributed by atoms with Gasteiger partial charge in [0.05, 0.1) is 13.2 Å². The van der Waals surface area contributed by atoms with Crippen molar-refractivity contribution in [3.8, 4) is 0 Å². The lowest BCUT2D eigenvalue weighted by Gasteiger charge is -2.32. The summed E-state index contributed by atoms with van der Waals surface area (Å²) in [4.78, 5) is 14.4. The summed E-state index contributed by atoms with van der Waals surface area (Å²) in [6, 6.07) is 17.7. The second-order valence-electron chi connectivity index (χ2n) is 6.65. The topological polar surface area (TPSA) is 29.5 Å². The van der Waals surface area contributed by atoms with Gasteiger partial charge < -0.3 is 9.64 Å². The first-order chi connectivity index (χ1) is 12.7. The summed E-state index contributed by atoms with van der Waals surface area (Å²) in [6.45, 7) is 2.87. The van der Waals surface area contributed by atoms with Crippen LogP contribution in [0.1, 0.15) is 24.0 Å². The van der Waals surface area contributed by atoms with E-state index in [1.54, 1.807) is 12.2 Å². The maximum atomic E-state index is 12.5. The highest BCUT2D eigenvalue weighted by Gasteiger charge is 2.22. The van der Waals surface area contributed by atoms with Gasteiger partial charge in [0.1, 0.15) is 0 Å². The third-order valence-corrected chi connectivity index (χ3v) is 4.95. The first-order valence-electron chi connectivity index (χ1n) is 9.05. The van der Waals surface area contributed by atoms with E-state index in [2.05, 4.69) is 12.1 Å². The third-order valence-electron chi connectivity index (χ3n) is 4.61. The number of halogens is 1. The molecule has 1 heterocycles. The number of rotatable bonds is 6. The van der Waals surface area contributed by atoms with Crippen molar-refractivity contribution in [2.75, 3.05) is 19.7 Å². The summed E-state index contributed by atoms with van der Waals surface area (Å²) in [5.74, 6) is 0.433. The molecule has 1 atom stereocenters. The second-order valence-corrected chi connectivity index (χ2v) is 7.06. The Morgan fingerprint density at radius 3 is 2.73 bits per heavy atom. The van der Waals surface area contributed by atoms with Crippen molar-refractivity contribution in [3.05, 3.63) is 76.8 Å². The van der Waals surface area contributed by atoms with Crippen LogP contribution in [0, 0.1) is 5.92 Å². The third kappa shape index (κ3) is 5.45. The van der Waals surface area contributed by atoms with Gasteiger partial charge in [-0.2, -0.15) is 0 Å². The quantitative estimate of drug-likeness (QED) is 0.684. The molecular formula is C22H24ClNO2. The molecule has 2 aromatic carbocycles. The van der Waals surface area contributed by atoms with Crippen LogP contribution in [0.25, 0.3) is 6.08 Å². The van der Waals surface area contributed by atoms with E-state index in [9.17, 15) is 4.79 Å². The Balaban J connectivity index is 1.48. The molecule has 136 valence electrons. The molecule has 0 radical (unpaired) electrons. The van der Waals surface area contributed by atoms with Gasteiger partial charge in [-0.3, -0.25) is 4.79 Å². The van der Waals surface area contributed by atoms with E-state index in [4.69, 9.17) is 16.3 Å². The van der Waals surface area contributed by atoms with Gasteiger partial charge in [-0.15, -0.1) is 0 Å². The van der Waals surface area contributed by atoms with E-state index < -0.39 is 0 Å². The summed E-state index contributed by atoms with van der Waals surface area (Å²) in [5.41, 5.74) is 2.04. The lowest BCUT2D eigenvalue weighted by Crippen LogP contribution is -2.40. The van der Waals surface area contributed by atoms with Gasteiger partial charge in [0.2, 0.25) is 5.91 Å². The molecule has 26 heavy (non-hydrogen) atoms. The Hall–Kier alpha value is -2.10. The Labute approximate surface area is 160 Å². The van der Waals surface area contributed by atoms with Crippen LogP contribution in [0.3, 0.4) is 0 Å². The Bertz CT molecular complexity index is 745. The summed E-state index contributed by atoms with van der Waals surface area (Å²) >= 11 is 6.13. The van der Waals surface area contributed by atoms with Crippen molar-refractivity contribution >= 4 is 23.6 Å². The number of carbonyl (C=O) groups excluding carboxylic acids is 1. The number of ether oxygens (including phenoxy) is 1. The van der Waals surface area contributed by atoms with Crippen LogP contribution in [-0.4, -0.2) is 30.5 Å². The Kier molecular flexibility index (Phi) is 6.87. The first-order valence-corrected chi connectivity index (χ1v) is 9.43. The zero-order chi connectivity index (χ0) is 18.2. The fourth-order valence-electron chi connectivity index (χ4n) is 3.20. The predicted molar refractivity (Wildman–Crippen MR) is 106 cm³/mol. The van der Waals surface area contributed by atoms with Crippen molar-refractivity contribution in [3.63, 3.8) is 0 Å². The normalized spacial score (nSPS) is 17.6. The molecule has 0 aliphatic carbocycles. The van der Waals surface area contributed by atoms with Crippen LogP contribution < -0.4 is 0 Å². The highest BCUT2D eigenvalue weighted by Crippen LogP contribution is 2.19. The number of nitrogens with zero attached hydrogens (tertiary/aromatic N) is 1. The molecule has 2 aromatic rings. The highest BCUT2D eigenvalue weighted by molar-refractivity contribution is 6.32. The highest BCUT2D eigenvalue weighted by atomic mass is 35.5. The van der Waals surface area contributed by atoms with Crippen LogP contribution >= 0.6 is 11.6 Å². The molecule has 0 N–H and O–H groups in total. The van der Waals surface area contributed by atoms with E-state index in [-0.39, 0.29) is 5.91 Å². The zero-order valence-corrected chi connectivity index (χ0v) is 15.6. The van der Waals surface area contributed by atoms with E-state index in [0.717, 1.165) is 31.5 Å². The number of amides is 1. The predicted octanol–water partition coefficient (Wildman–Crippen LogP) is 4.81. The van der Waals surface area contributed by atoms with Crippen LogP contribution in [0.4, 0.5) is 0 Å². The molecule has 3 nitrogen and oxygen atoms in total. The summed E-state index contributed by atoms with van der Waals surface area (Å²) < 4.78 is 5.86. The minimum Gasteiger partial charge on any atom is -0.376 e. The van der Waals surface area contributed by atoms with E-state index in [1.807, 2.05) is 47.4 Å². The summed E-state index contributed by atoms with van der Waals surface area (Å²) in [5, 5.41) is 0.655. The number of piperidine rings is 1. The Morgan fingerprint density at radius 2 is 1.92 bits per heavy atom. The number of benzene rings is 2. The van der Waals surface area contributed by atoms with E-state index >= 15 is 0 Å². The van der Waals surface area contributed by atoms with Crippen molar-refractivity contribution in [2.45, 2.75) is 19.4 Å². The zero-order valence-electron chi connectivity index (χ0n) is 14.8. The Morgan fingerprint density at radius 1 is 1.15 bits per heavy atom. The molecule has 1 unspecified atom stereocenters. The van der Waals surface area contributed by atoms with Crippen molar-refractivity contribution in [1.82, 2.24) is 4.90 Å². The first kappa shape index (κ1) is 18.7. The average molecular weight is 370 g/mol. The van der Waals surface area contributed by atoms with Crippen LogP contribution in [0.2, 0.25) is 5.02 Å². The van der Waals surface area contributed by atoms with Gasteiger partial charge >= 0.3 is 0 Å². The summed E-state index contributed by atoms with van der Waals surface area (Å²) in [6.07, 6.45) is 5.53. The smallest absolute Gasteiger partial charge is 0.246 e. The molecule has 1 amide bonds. The monoisotopic (exact) mass is 369 g/mol. The van der Waals surface area contributed by atoms with Crippen molar-refractivity contribution in [2.24, 2.45) is 5.92 Å². The minimum absolute atomic E-state index is 0.0395.